The van der Waals surface area contributed by atoms with E-state index >= 15 is 0 Å². The van der Waals surface area contributed by atoms with Crippen LogP contribution in [0.5, 0.6) is 11.5 Å². The van der Waals surface area contributed by atoms with Gasteiger partial charge in [-0.1, -0.05) is 0 Å². The molecule has 0 saturated heterocycles. The second kappa shape index (κ2) is 3.87. The Hall–Kier alpha value is -1.91. The van der Waals surface area contributed by atoms with Crippen LogP contribution in [-0.2, 0) is 4.74 Å². The van der Waals surface area contributed by atoms with Crippen molar-refractivity contribution in [3.05, 3.63) is 17.7 Å². The van der Waals surface area contributed by atoms with Gasteiger partial charge in [0.25, 0.3) is 0 Å². The molecule has 0 amide bonds. The Balaban J connectivity index is 3.28. The highest BCUT2D eigenvalue weighted by molar-refractivity contribution is 5.94. The van der Waals surface area contributed by atoms with Crippen molar-refractivity contribution in [3.63, 3.8) is 0 Å². The van der Waals surface area contributed by atoms with E-state index in [0.29, 0.717) is 0 Å². The van der Waals surface area contributed by atoms with Crippen LogP contribution in [0.4, 0.5) is 5.69 Å². The number of phenols is 1. The fourth-order valence-corrected chi connectivity index (χ4v) is 1.08. The smallest absolute Gasteiger partial charge is 0.341 e. The third kappa shape index (κ3) is 1.56. The highest BCUT2D eigenvalue weighted by atomic mass is 16.5. The standard InChI is InChI=1S/C9H11NO4/c1-13-8-6(10)4-3-5(7(8)11)9(12)14-2/h3-4,11H,10H2,1-2H3. The SMILES string of the molecule is COC(=O)c1ccc(N)c(OC)c1O. The minimum Gasteiger partial charge on any atom is -0.504 e. The lowest BCUT2D eigenvalue weighted by Gasteiger charge is -2.09. The van der Waals surface area contributed by atoms with Crippen LogP contribution in [0.1, 0.15) is 10.4 Å². The number of esters is 1. The van der Waals surface area contributed by atoms with Gasteiger partial charge in [0.15, 0.2) is 11.5 Å². The second-order valence-electron chi connectivity index (χ2n) is 2.58. The maximum absolute atomic E-state index is 11.1. The van der Waals surface area contributed by atoms with Crippen molar-refractivity contribution in [2.24, 2.45) is 0 Å². The Labute approximate surface area is 81.0 Å². The third-order valence-electron chi connectivity index (χ3n) is 1.77. The largest absolute Gasteiger partial charge is 0.504 e. The summed E-state index contributed by atoms with van der Waals surface area (Å²) in [5.41, 5.74) is 5.79. The summed E-state index contributed by atoms with van der Waals surface area (Å²) in [6.07, 6.45) is 0. The first-order valence-electron chi connectivity index (χ1n) is 3.85. The zero-order valence-electron chi connectivity index (χ0n) is 7.90. The van der Waals surface area contributed by atoms with Gasteiger partial charge in [-0.3, -0.25) is 0 Å². The molecule has 0 fully saturated rings. The quantitative estimate of drug-likeness (QED) is 0.540. The number of carbonyl (C=O) groups is 1. The molecule has 1 aromatic carbocycles. The molecule has 0 spiro atoms. The normalized spacial score (nSPS) is 9.57. The van der Waals surface area contributed by atoms with Gasteiger partial charge in [-0.25, -0.2) is 4.79 Å². The van der Waals surface area contributed by atoms with Gasteiger partial charge in [-0.15, -0.1) is 0 Å². The molecule has 0 heterocycles. The predicted octanol–water partition coefficient (Wildman–Crippen LogP) is 0.770. The van der Waals surface area contributed by atoms with Crippen molar-refractivity contribution in [2.45, 2.75) is 0 Å². The lowest BCUT2D eigenvalue weighted by atomic mass is 10.1. The first-order valence-corrected chi connectivity index (χ1v) is 3.85. The number of nitrogen functional groups attached to an aromatic ring is 1. The Bertz CT molecular complexity index is 362. The van der Waals surface area contributed by atoms with Crippen LogP contribution in [0.2, 0.25) is 0 Å². The van der Waals surface area contributed by atoms with E-state index in [4.69, 9.17) is 10.5 Å². The lowest BCUT2D eigenvalue weighted by Crippen LogP contribution is -2.03. The monoisotopic (exact) mass is 197 g/mol. The van der Waals surface area contributed by atoms with E-state index in [1.54, 1.807) is 0 Å². The molecule has 0 unspecified atom stereocenters. The highest BCUT2D eigenvalue weighted by Gasteiger charge is 2.17. The predicted molar refractivity (Wildman–Crippen MR) is 50.4 cm³/mol. The lowest BCUT2D eigenvalue weighted by molar-refractivity contribution is 0.0597. The minimum atomic E-state index is -0.638. The molecule has 14 heavy (non-hydrogen) atoms. The average Bonchev–Trinajstić information content (AvgIpc) is 2.18. The van der Waals surface area contributed by atoms with Gasteiger partial charge in [0.1, 0.15) is 5.56 Å². The maximum atomic E-state index is 11.1. The van der Waals surface area contributed by atoms with Crippen LogP contribution in [0, 0.1) is 0 Å². The number of benzene rings is 1. The van der Waals surface area contributed by atoms with Crippen molar-refractivity contribution in [1.82, 2.24) is 0 Å². The molecule has 0 atom stereocenters. The Morgan fingerprint density at radius 3 is 2.57 bits per heavy atom. The molecule has 0 aliphatic rings. The Kier molecular flexibility index (Phi) is 2.81. The first kappa shape index (κ1) is 10.2. The topological polar surface area (TPSA) is 81.8 Å². The van der Waals surface area contributed by atoms with Crippen molar-refractivity contribution in [3.8, 4) is 11.5 Å². The molecule has 0 saturated carbocycles. The number of carbonyl (C=O) groups excluding carboxylic acids is 1. The fraction of sp³-hybridized carbons (Fsp3) is 0.222. The summed E-state index contributed by atoms with van der Waals surface area (Å²) in [6.45, 7) is 0. The number of aromatic hydroxyl groups is 1. The summed E-state index contributed by atoms with van der Waals surface area (Å²) in [5.74, 6) is -0.868. The van der Waals surface area contributed by atoms with Gasteiger partial charge >= 0.3 is 5.97 Å². The van der Waals surface area contributed by atoms with Crippen LogP contribution in [0.25, 0.3) is 0 Å². The summed E-state index contributed by atoms with van der Waals surface area (Å²) in [7, 11) is 2.58. The molecule has 0 bridgehead atoms. The molecule has 0 aromatic heterocycles. The molecule has 1 rings (SSSR count). The van der Waals surface area contributed by atoms with Crippen LogP contribution >= 0.6 is 0 Å². The third-order valence-corrected chi connectivity index (χ3v) is 1.77. The summed E-state index contributed by atoms with van der Waals surface area (Å²) in [6, 6.07) is 2.84. The van der Waals surface area contributed by atoms with Gasteiger partial charge in [-0.2, -0.15) is 0 Å². The number of phenolic OH excluding ortho intramolecular Hbond substituents is 1. The van der Waals surface area contributed by atoms with E-state index in [1.807, 2.05) is 0 Å². The summed E-state index contributed by atoms with van der Waals surface area (Å²) in [4.78, 5) is 11.1. The van der Waals surface area contributed by atoms with E-state index in [9.17, 15) is 9.90 Å². The van der Waals surface area contributed by atoms with Gasteiger partial charge in [0, 0.05) is 0 Å². The zero-order valence-corrected chi connectivity index (χ0v) is 7.90. The van der Waals surface area contributed by atoms with E-state index < -0.39 is 5.97 Å². The maximum Gasteiger partial charge on any atom is 0.341 e. The molecule has 0 aliphatic carbocycles. The molecule has 76 valence electrons. The van der Waals surface area contributed by atoms with Crippen molar-refractivity contribution in [1.29, 1.82) is 0 Å². The van der Waals surface area contributed by atoms with Gasteiger partial charge in [-0.05, 0) is 12.1 Å². The molecule has 0 radical (unpaired) electrons. The Morgan fingerprint density at radius 2 is 2.07 bits per heavy atom. The molecule has 3 N–H and O–H groups in total. The molecular weight excluding hydrogens is 186 g/mol. The molecular formula is C9H11NO4. The first-order chi connectivity index (χ1) is 6.61. The summed E-state index contributed by atoms with van der Waals surface area (Å²) in [5, 5.41) is 9.57. The number of ether oxygens (including phenoxy) is 2. The number of hydrogen-bond acceptors (Lipinski definition) is 5. The van der Waals surface area contributed by atoms with Crippen molar-refractivity contribution >= 4 is 11.7 Å². The fourth-order valence-electron chi connectivity index (χ4n) is 1.08. The van der Waals surface area contributed by atoms with Crippen LogP contribution in [0.3, 0.4) is 0 Å². The second-order valence-corrected chi connectivity index (χ2v) is 2.58. The number of hydrogen-bond donors (Lipinski definition) is 2. The number of methoxy groups -OCH3 is 2. The summed E-state index contributed by atoms with van der Waals surface area (Å²) < 4.78 is 9.29. The molecule has 1 aromatic rings. The Morgan fingerprint density at radius 1 is 1.43 bits per heavy atom. The van der Waals surface area contributed by atoms with Gasteiger partial charge in [0.2, 0.25) is 0 Å². The number of nitrogens with two attached hydrogens (primary N) is 1. The molecule has 0 aliphatic heterocycles. The van der Waals surface area contributed by atoms with Crippen LogP contribution in [-0.4, -0.2) is 25.3 Å². The summed E-state index contributed by atoms with van der Waals surface area (Å²) >= 11 is 0. The van der Waals surface area contributed by atoms with E-state index in [0.717, 1.165) is 0 Å². The van der Waals surface area contributed by atoms with Crippen molar-refractivity contribution < 1.29 is 19.4 Å². The molecule has 5 heteroatoms. The average molecular weight is 197 g/mol. The van der Waals surface area contributed by atoms with E-state index in [2.05, 4.69) is 4.74 Å². The van der Waals surface area contributed by atoms with E-state index in [1.165, 1.54) is 26.4 Å². The number of anilines is 1. The molecule has 5 nitrogen and oxygen atoms in total. The zero-order chi connectivity index (χ0) is 10.7. The van der Waals surface area contributed by atoms with Gasteiger partial charge in [0.05, 0.1) is 19.9 Å². The van der Waals surface area contributed by atoms with Crippen molar-refractivity contribution in [2.75, 3.05) is 20.0 Å². The number of rotatable bonds is 2. The van der Waals surface area contributed by atoms with E-state index in [-0.39, 0.29) is 22.7 Å². The van der Waals surface area contributed by atoms with Gasteiger partial charge < -0.3 is 20.3 Å². The van der Waals surface area contributed by atoms with Crippen LogP contribution < -0.4 is 10.5 Å². The highest BCUT2D eigenvalue weighted by Crippen LogP contribution is 2.35. The minimum absolute atomic E-state index is 0.0264. The van der Waals surface area contributed by atoms with Crippen LogP contribution in [0.15, 0.2) is 12.1 Å².